The number of nitrogens with zero attached hydrogens (tertiary/aromatic N) is 2. The number of halogens is 4. The van der Waals surface area contributed by atoms with Crippen LogP contribution in [0.5, 0.6) is 0 Å². The van der Waals surface area contributed by atoms with Gasteiger partial charge in [-0.15, -0.1) is 0 Å². The van der Waals surface area contributed by atoms with Gasteiger partial charge in [0.2, 0.25) is 11.8 Å². The third kappa shape index (κ3) is 6.91. The summed E-state index contributed by atoms with van der Waals surface area (Å²) in [7, 11) is 3.73. The first-order valence-electron chi connectivity index (χ1n) is 7.58. The Labute approximate surface area is 149 Å². The van der Waals surface area contributed by atoms with Crippen LogP contribution in [-0.4, -0.2) is 50.4 Å². The third-order valence-electron chi connectivity index (χ3n) is 3.39. The van der Waals surface area contributed by atoms with Crippen LogP contribution in [0.25, 0.3) is 0 Å². The summed E-state index contributed by atoms with van der Waals surface area (Å²) < 4.78 is 38.9. The molecule has 0 unspecified atom stereocenters. The normalized spacial score (nSPS) is 11.5. The van der Waals surface area contributed by atoms with Gasteiger partial charge in [0.05, 0.1) is 10.6 Å². The second-order valence-corrected chi connectivity index (χ2v) is 6.14. The monoisotopic (exact) mass is 379 g/mol. The predicted octanol–water partition coefficient (Wildman–Crippen LogP) is 2.78. The largest absolute Gasteiger partial charge is 0.417 e. The van der Waals surface area contributed by atoms with Crippen molar-refractivity contribution in [3.63, 3.8) is 0 Å². The Bertz CT molecular complexity index is 621. The molecule has 1 rings (SSSR count). The van der Waals surface area contributed by atoms with E-state index in [0.717, 1.165) is 17.0 Å². The topological polar surface area (TPSA) is 52.7 Å². The second-order valence-electron chi connectivity index (χ2n) is 5.74. The predicted molar refractivity (Wildman–Crippen MR) is 90.7 cm³/mol. The highest BCUT2D eigenvalue weighted by Crippen LogP contribution is 2.37. The number of hydrogen-bond donors (Lipinski definition) is 1. The van der Waals surface area contributed by atoms with Gasteiger partial charge >= 0.3 is 6.18 Å². The Morgan fingerprint density at radius 3 is 2.36 bits per heavy atom. The Kier molecular flexibility index (Phi) is 7.69. The van der Waals surface area contributed by atoms with Gasteiger partial charge in [-0.1, -0.05) is 11.6 Å². The molecule has 0 saturated heterocycles. The molecule has 0 aliphatic heterocycles. The molecular formula is C16H21ClF3N3O2. The SMILES string of the molecule is CC(=O)N(CCC(=O)NCCN(C)C)c1ccc(Cl)c(C(F)(F)F)c1. The van der Waals surface area contributed by atoms with Crippen molar-refractivity contribution in [3.05, 3.63) is 28.8 Å². The summed E-state index contributed by atoms with van der Waals surface area (Å²) in [5, 5.41) is 2.24. The number of anilines is 1. The van der Waals surface area contributed by atoms with E-state index < -0.39 is 22.7 Å². The van der Waals surface area contributed by atoms with Crippen molar-refractivity contribution < 1.29 is 22.8 Å². The van der Waals surface area contributed by atoms with Gasteiger partial charge in [-0.3, -0.25) is 9.59 Å². The van der Waals surface area contributed by atoms with E-state index in [9.17, 15) is 22.8 Å². The number of alkyl halides is 3. The molecule has 0 bridgehead atoms. The minimum atomic E-state index is -4.63. The summed E-state index contributed by atoms with van der Waals surface area (Å²) in [5.41, 5.74) is -0.973. The fraction of sp³-hybridized carbons (Fsp3) is 0.500. The maximum atomic E-state index is 13.0. The Hall–Kier alpha value is -1.80. The smallest absolute Gasteiger partial charge is 0.355 e. The number of carbonyl (C=O) groups is 2. The third-order valence-corrected chi connectivity index (χ3v) is 3.72. The van der Waals surface area contributed by atoms with E-state index in [4.69, 9.17) is 11.6 Å². The minimum Gasteiger partial charge on any atom is -0.355 e. The highest BCUT2D eigenvalue weighted by atomic mass is 35.5. The lowest BCUT2D eigenvalue weighted by Gasteiger charge is -2.22. The lowest BCUT2D eigenvalue weighted by Crippen LogP contribution is -2.36. The van der Waals surface area contributed by atoms with Crippen molar-refractivity contribution in [2.45, 2.75) is 19.5 Å². The molecule has 140 valence electrons. The van der Waals surface area contributed by atoms with Gasteiger partial charge in [0.25, 0.3) is 0 Å². The Balaban J connectivity index is 2.81. The molecule has 0 spiro atoms. The Morgan fingerprint density at radius 1 is 1.20 bits per heavy atom. The van der Waals surface area contributed by atoms with Crippen molar-refractivity contribution in [1.82, 2.24) is 10.2 Å². The summed E-state index contributed by atoms with van der Waals surface area (Å²) in [6.07, 6.45) is -4.64. The first kappa shape index (κ1) is 21.2. The van der Waals surface area contributed by atoms with Crippen LogP contribution in [0.1, 0.15) is 18.9 Å². The van der Waals surface area contributed by atoms with Crippen LogP contribution in [0, 0.1) is 0 Å². The highest BCUT2D eigenvalue weighted by molar-refractivity contribution is 6.31. The van der Waals surface area contributed by atoms with E-state index in [1.807, 2.05) is 19.0 Å². The fourth-order valence-corrected chi connectivity index (χ4v) is 2.31. The summed E-state index contributed by atoms with van der Waals surface area (Å²) >= 11 is 5.58. The van der Waals surface area contributed by atoms with E-state index >= 15 is 0 Å². The van der Waals surface area contributed by atoms with Crippen LogP contribution >= 0.6 is 11.6 Å². The van der Waals surface area contributed by atoms with Gasteiger partial charge in [0.1, 0.15) is 0 Å². The molecule has 0 atom stereocenters. The van der Waals surface area contributed by atoms with Crippen molar-refractivity contribution >= 4 is 29.1 Å². The molecule has 0 radical (unpaired) electrons. The lowest BCUT2D eigenvalue weighted by atomic mass is 10.1. The number of amides is 2. The molecule has 1 aromatic rings. The molecule has 0 heterocycles. The molecule has 0 fully saturated rings. The standard InChI is InChI=1S/C16H21ClF3N3O2/c1-11(24)23(8-6-15(25)21-7-9-22(2)3)12-4-5-14(17)13(10-12)16(18,19)20/h4-5,10H,6-9H2,1-3H3,(H,21,25). The van der Waals surface area contributed by atoms with Crippen molar-refractivity contribution in [2.24, 2.45) is 0 Å². The van der Waals surface area contributed by atoms with Gasteiger partial charge in [0.15, 0.2) is 0 Å². The number of hydrogen-bond acceptors (Lipinski definition) is 3. The lowest BCUT2D eigenvalue weighted by molar-refractivity contribution is -0.137. The van der Waals surface area contributed by atoms with Crippen LogP contribution in [0.15, 0.2) is 18.2 Å². The van der Waals surface area contributed by atoms with Crippen LogP contribution < -0.4 is 10.2 Å². The molecule has 0 aliphatic rings. The average Bonchev–Trinajstić information content (AvgIpc) is 2.47. The molecule has 0 aliphatic carbocycles. The zero-order valence-corrected chi connectivity index (χ0v) is 15.0. The molecule has 5 nitrogen and oxygen atoms in total. The van der Waals surface area contributed by atoms with E-state index in [1.54, 1.807) is 0 Å². The summed E-state index contributed by atoms with van der Waals surface area (Å²) in [4.78, 5) is 26.6. The van der Waals surface area contributed by atoms with Crippen molar-refractivity contribution in [1.29, 1.82) is 0 Å². The minimum absolute atomic E-state index is 0.0169. The van der Waals surface area contributed by atoms with Crippen LogP contribution in [-0.2, 0) is 15.8 Å². The molecule has 25 heavy (non-hydrogen) atoms. The summed E-state index contributed by atoms with van der Waals surface area (Å²) in [6.45, 7) is 2.31. The van der Waals surface area contributed by atoms with E-state index in [-0.39, 0.29) is 24.6 Å². The fourth-order valence-electron chi connectivity index (χ4n) is 2.09. The summed E-state index contributed by atoms with van der Waals surface area (Å²) in [6, 6.07) is 3.23. The zero-order chi connectivity index (χ0) is 19.2. The van der Waals surface area contributed by atoms with Gasteiger partial charge in [-0.2, -0.15) is 13.2 Å². The van der Waals surface area contributed by atoms with Gasteiger partial charge < -0.3 is 15.1 Å². The molecule has 1 N–H and O–H groups in total. The van der Waals surface area contributed by atoms with E-state index in [2.05, 4.69) is 5.32 Å². The first-order valence-corrected chi connectivity index (χ1v) is 7.96. The number of carbonyl (C=O) groups excluding carboxylic acids is 2. The Morgan fingerprint density at radius 2 is 1.84 bits per heavy atom. The van der Waals surface area contributed by atoms with E-state index in [1.165, 1.54) is 13.0 Å². The molecule has 0 saturated carbocycles. The van der Waals surface area contributed by atoms with Crippen LogP contribution in [0.3, 0.4) is 0 Å². The number of likely N-dealkylation sites (N-methyl/N-ethyl adjacent to an activating group) is 1. The molecule has 9 heteroatoms. The summed E-state index contributed by atoms with van der Waals surface area (Å²) in [5.74, 6) is -0.741. The molecular weight excluding hydrogens is 359 g/mol. The first-order chi connectivity index (χ1) is 11.5. The van der Waals surface area contributed by atoms with E-state index in [0.29, 0.717) is 13.1 Å². The van der Waals surface area contributed by atoms with Gasteiger partial charge in [-0.25, -0.2) is 0 Å². The number of rotatable bonds is 7. The second kappa shape index (κ2) is 9.05. The van der Waals surface area contributed by atoms with Crippen LogP contribution in [0.4, 0.5) is 18.9 Å². The average molecular weight is 380 g/mol. The van der Waals surface area contributed by atoms with Crippen LogP contribution in [0.2, 0.25) is 5.02 Å². The molecule has 0 aromatic heterocycles. The maximum absolute atomic E-state index is 13.0. The number of benzene rings is 1. The van der Waals surface area contributed by atoms with Crippen molar-refractivity contribution in [2.75, 3.05) is 38.6 Å². The number of nitrogens with one attached hydrogen (secondary N) is 1. The van der Waals surface area contributed by atoms with Crippen molar-refractivity contribution in [3.8, 4) is 0 Å². The molecule has 1 aromatic carbocycles. The molecule has 2 amide bonds. The van der Waals surface area contributed by atoms with Gasteiger partial charge in [0, 0.05) is 38.7 Å². The quantitative estimate of drug-likeness (QED) is 0.792. The maximum Gasteiger partial charge on any atom is 0.417 e. The highest BCUT2D eigenvalue weighted by Gasteiger charge is 2.34. The van der Waals surface area contributed by atoms with Gasteiger partial charge in [-0.05, 0) is 32.3 Å². The zero-order valence-electron chi connectivity index (χ0n) is 14.3.